The van der Waals surface area contributed by atoms with E-state index < -0.39 is 5.97 Å². The Bertz CT molecular complexity index is 767. The molecular formula is C28H37NO2. The van der Waals surface area contributed by atoms with E-state index >= 15 is 0 Å². The van der Waals surface area contributed by atoms with Crippen LogP contribution in [0.5, 0.6) is 0 Å². The maximum atomic E-state index is 11.4. The van der Waals surface area contributed by atoms with Crippen LogP contribution in [-0.4, -0.2) is 16.1 Å². The molecule has 1 heterocycles. The van der Waals surface area contributed by atoms with E-state index in [9.17, 15) is 9.90 Å². The van der Waals surface area contributed by atoms with Crippen LogP contribution < -0.4 is 0 Å². The monoisotopic (exact) mass is 419 g/mol. The number of hydrogen-bond acceptors (Lipinski definition) is 2. The first kappa shape index (κ1) is 26.1. The summed E-state index contributed by atoms with van der Waals surface area (Å²) in [5, 5.41) is 9.31. The van der Waals surface area contributed by atoms with Gasteiger partial charge >= 0.3 is 5.97 Å². The standard InChI is InChI=1S/C28H37NO2/c1-2-3-4-5-6-7-8-9-10-11-12-13-14-15-16-17-18-19-22-27(28(30)31)24-26-21-20-23-29-25-26/h10-23,25H,2-9,24H2,1H3,(H,30,31). The predicted octanol–water partition coefficient (Wildman–Crippen LogP) is 7.56. The van der Waals surface area contributed by atoms with Crippen LogP contribution in [0.25, 0.3) is 0 Å². The molecule has 31 heavy (non-hydrogen) atoms. The van der Waals surface area contributed by atoms with Gasteiger partial charge < -0.3 is 5.11 Å². The van der Waals surface area contributed by atoms with Gasteiger partial charge in [-0.2, -0.15) is 0 Å². The van der Waals surface area contributed by atoms with Gasteiger partial charge in [-0.05, 0) is 24.5 Å². The van der Waals surface area contributed by atoms with Gasteiger partial charge in [-0.3, -0.25) is 4.98 Å². The highest BCUT2D eigenvalue weighted by Gasteiger charge is 2.06. The first-order valence-corrected chi connectivity index (χ1v) is 11.4. The molecule has 0 radical (unpaired) electrons. The third-order valence-corrected chi connectivity index (χ3v) is 4.69. The Morgan fingerprint density at radius 3 is 2.10 bits per heavy atom. The lowest BCUT2D eigenvalue weighted by Gasteiger charge is -2.00. The second-order valence-corrected chi connectivity index (χ2v) is 7.41. The van der Waals surface area contributed by atoms with Crippen molar-refractivity contribution in [1.29, 1.82) is 0 Å². The van der Waals surface area contributed by atoms with E-state index in [1.807, 2.05) is 48.6 Å². The van der Waals surface area contributed by atoms with E-state index in [1.165, 1.54) is 44.9 Å². The quantitative estimate of drug-likeness (QED) is 0.171. The fraction of sp³-hybridized carbons (Fsp3) is 0.357. The minimum Gasteiger partial charge on any atom is -0.478 e. The smallest absolute Gasteiger partial charge is 0.331 e. The number of pyridine rings is 1. The Morgan fingerprint density at radius 2 is 1.48 bits per heavy atom. The molecule has 0 aliphatic carbocycles. The van der Waals surface area contributed by atoms with E-state index in [0.29, 0.717) is 12.0 Å². The van der Waals surface area contributed by atoms with Crippen molar-refractivity contribution in [3.8, 4) is 0 Å². The molecule has 1 rings (SSSR count). The molecule has 0 aromatic carbocycles. The molecule has 0 atom stereocenters. The summed E-state index contributed by atoms with van der Waals surface area (Å²) in [7, 11) is 0. The van der Waals surface area contributed by atoms with Gasteiger partial charge in [0.1, 0.15) is 0 Å². The van der Waals surface area contributed by atoms with Gasteiger partial charge in [0.05, 0.1) is 0 Å². The maximum absolute atomic E-state index is 11.4. The topological polar surface area (TPSA) is 50.2 Å². The molecule has 0 amide bonds. The first-order valence-electron chi connectivity index (χ1n) is 11.4. The Hall–Kier alpha value is -2.94. The molecule has 0 saturated carbocycles. The molecular weight excluding hydrogens is 382 g/mol. The van der Waals surface area contributed by atoms with Gasteiger partial charge in [0.25, 0.3) is 0 Å². The number of unbranched alkanes of at least 4 members (excludes halogenated alkanes) is 7. The van der Waals surface area contributed by atoms with Crippen LogP contribution in [0.3, 0.4) is 0 Å². The van der Waals surface area contributed by atoms with Crippen LogP contribution in [-0.2, 0) is 11.2 Å². The number of carboxylic acids is 1. The molecule has 0 saturated heterocycles. The van der Waals surface area contributed by atoms with Crippen molar-refractivity contribution in [2.75, 3.05) is 0 Å². The van der Waals surface area contributed by atoms with Gasteiger partial charge in [-0.25, -0.2) is 4.79 Å². The molecule has 0 unspecified atom stereocenters. The zero-order valence-corrected chi connectivity index (χ0v) is 18.8. The minimum atomic E-state index is -0.914. The highest BCUT2D eigenvalue weighted by Crippen LogP contribution is 2.09. The summed E-state index contributed by atoms with van der Waals surface area (Å²) in [6.07, 6.45) is 35.6. The van der Waals surface area contributed by atoms with Crippen LogP contribution in [0.2, 0.25) is 0 Å². The number of rotatable bonds is 16. The third-order valence-electron chi connectivity index (χ3n) is 4.69. The first-order chi connectivity index (χ1) is 15.2. The molecule has 0 spiro atoms. The largest absolute Gasteiger partial charge is 0.478 e. The normalized spacial score (nSPS) is 13.0. The lowest BCUT2D eigenvalue weighted by atomic mass is 10.1. The number of carboxylic acid groups (broad SMARTS) is 1. The van der Waals surface area contributed by atoms with E-state index in [4.69, 9.17) is 0 Å². The fourth-order valence-electron chi connectivity index (χ4n) is 2.94. The highest BCUT2D eigenvalue weighted by atomic mass is 16.4. The van der Waals surface area contributed by atoms with Gasteiger partial charge in [0, 0.05) is 24.4 Å². The average molecular weight is 420 g/mol. The molecule has 0 bridgehead atoms. The van der Waals surface area contributed by atoms with Crippen LogP contribution in [0.4, 0.5) is 0 Å². The molecule has 0 aliphatic heterocycles. The Labute approximate surface area is 188 Å². The van der Waals surface area contributed by atoms with E-state index in [-0.39, 0.29) is 0 Å². The zero-order chi connectivity index (χ0) is 22.4. The number of allylic oxidation sites excluding steroid dienone is 11. The van der Waals surface area contributed by atoms with Crippen molar-refractivity contribution in [2.45, 2.75) is 64.7 Å². The average Bonchev–Trinajstić information content (AvgIpc) is 2.78. The zero-order valence-electron chi connectivity index (χ0n) is 18.8. The summed E-state index contributed by atoms with van der Waals surface area (Å²) in [4.78, 5) is 15.4. The lowest BCUT2D eigenvalue weighted by molar-refractivity contribution is -0.132. The maximum Gasteiger partial charge on any atom is 0.331 e. The molecule has 166 valence electrons. The molecule has 3 nitrogen and oxygen atoms in total. The summed E-state index contributed by atoms with van der Waals surface area (Å²) < 4.78 is 0. The highest BCUT2D eigenvalue weighted by molar-refractivity contribution is 5.87. The summed E-state index contributed by atoms with van der Waals surface area (Å²) in [5.74, 6) is -0.914. The predicted molar refractivity (Wildman–Crippen MR) is 132 cm³/mol. The van der Waals surface area contributed by atoms with E-state index in [0.717, 1.165) is 12.0 Å². The molecule has 0 fully saturated rings. The fourth-order valence-corrected chi connectivity index (χ4v) is 2.94. The summed E-state index contributed by atoms with van der Waals surface area (Å²) in [6, 6.07) is 3.68. The van der Waals surface area contributed by atoms with E-state index in [1.54, 1.807) is 30.6 Å². The van der Waals surface area contributed by atoms with Crippen molar-refractivity contribution < 1.29 is 9.90 Å². The molecule has 1 N–H and O–H groups in total. The SMILES string of the molecule is CCCCCCCCCC=CC=CC=CC=CC=CC=C(Cc1cccnc1)C(=O)O. The summed E-state index contributed by atoms with van der Waals surface area (Å²) >= 11 is 0. The molecule has 1 aromatic rings. The van der Waals surface area contributed by atoms with Gasteiger partial charge in [-0.15, -0.1) is 0 Å². The summed E-state index contributed by atoms with van der Waals surface area (Å²) in [5.41, 5.74) is 1.21. The van der Waals surface area contributed by atoms with Gasteiger partial charge in [-0.1, -0.05) is 118 Å². The Morgan fingerprint density at radius 1 is 0.871 bits per heavy atom. The van der Waals surface area contributed by atoms with Gasteiger partial charge in [0.15, 0.2) is 0 Å². The van der Waals surface area contributed by atoms with Crippen LogP contribution >= 0.6 is 0 Å². The van der Waals surface area contributed by atoms with Crippen molar-refractivity contribution >= 4 is 5.97 Å². The van der Waals surface area contributed by atoms with Crippen molar-refractivity contribution in [3.63, 3.8) is 0 Å². The number of nitrogens with zero attached hydrogens (tertiary/aromatic N) is 1. The second-order valence-electron chi connectivity index (χ2n) is 7.41. The number of aliphatic carboxylic acids is 1. The van der Waals surface area contributed by atoms with Crippen LogP contribution in [0, 0.1) is 0 Å². The Balaban J connectivity index is 2.22. The van der Waals surface area contributed by atoms with Crippen molar-refractivity contribution in [2.24, 2.45) is 0 Å². The lowest BCUT2D eigenvalue weighted by Crippen LogP contribution is -2.03. The van der Waals surface area contributed by atoms with Crippen LogP contribution in [0.15, 0.2) is 96.9 Å². The van der Waals surface area contributed by atoms with Crippen molar-refractivity contribution in [1.82, 2.24) is 4.98 Å². The van der Waals surface area contributed by atoms with Crippen molar-refractivity contribution in [3.05, 3.63) is 102 Å². The number of carbonyl (C=O) groups is 1. The Kier molecular flexibility index (Phi) is 16.0. The minimum absolute atomic E-state index is 0.333. The molecule has 0 aliphatic rings. The molecule has 1 aromatic heterocycles. The van der Waals surface area contributed by atoms with Crippen LogP contribution in [0.1, 0.15) is 63.9 Å². The second kappa shape index (κ2) is 19.0. The summed E-state index contributed by atoms with van der Waals surface area (Å²) in [6.45, 7) is 2.25. The third kappa shape index (κ3) is 15.5. The van der Waals surface area contributed by atoms with E-state index in [2.05, 4.69) is 24.1 Å². The number of hydrogen-bond donors (Lipinski definition) is 1. The molecule has 3 heteroatoms. The van der Waals surface area contributed by atoms with Gasteiger partial charge in [0.2, 0.25) is 0 Å². The number of aromatic nitrogens is 1.